The van der Waals surface area contributed by atoms with Gasteiger partial charge in [-0.25, -0.2) is 13.2 Å². The fraction of sp³-hybridized carbons (Fsp3) is 0.154. The van der Waals surface area contributed by atoms with Crippen LogP contribution < -0.4 is 0 Å². The van der Waals surface area contributed by atoms with Crippen molar-refractivity contribution in [2.75, 3.05) is 0 Å². The Kier molecular flexibility index (Phi) is 5.15. The highest BCUT2D eigenvalue weighted by Crippen LogP contribution is 2.41. The van der Waals surface area contributed by atoms with Crippen molar-refractivity contribution < 1.29 is 13.2 Å². The lowest BCUT2D eigenvalue weighted by molar-refractivity contribution is 0.446. The van der Waals surface area contributed by atoms with Crippen molar-refractivity contribution in [3.05, 3.63) is 105 Å². The summed E-state index contributed by atoms with van der Waals surface area (Å²) in [7, 11) is 0. The molecule has 29 heavy (non-hydrogen) atoms. The molecular weight excluding hydrogens is 369 g/mol. The van der Waals surface area contributed by atoms with Crippen LogP contribution in [-0.4, -0.2) is 0 Å². The SMILES string of the molecule is Cc1ccc(C#Cc2ccc(C#Cc3cc(F)c(F)c(F)c3)cc2C2CC2)cc1. The van der Waals surface area contributed by atoms with Crippen LogP contribution in [0, 0.1) is 48.1 Å². The zero-order valence-corrected chi connectivity index (χ0v) is 15.8. The van der Waals surface area contributed by atoms with Gasteiger partial charge in [-0.2, -0.15) is 0 Å². The van der Waals surface area contributed by atoms with Crippen molar-refractivity contribution in [1.82, 2.24) is 0 Å². The molecule has 1 aliphatic rings. The van der Waals surface area contributed by atoms with Gasteiger partial charge in [0.15, 0.2) is 17.5 Å². The van der Waals surface area contributed by atoms with Gasteiger partial charge in [-0.3, -0.25) is 0 Å². The Morgan fingerprint density at radius 1 is 0.690 bits per heavy atom. The Morgan fingerprint density at radius 2 is 1.28 bits per heavy atom. The van der Waals surface area contributed by atoms with Crippen LogP contribution in [0.4, 0.5) is 13.2 Å². The van der Waals surface area contributed by atoms with Crippen molar-refractivity contribution in [2.45, 2.75) is 25.7 Å². The van der Waals surface area contributed by atoms with E-state index in [1.807, 2.05) is 49.4 Å². The number of hydrogen-bond donors (Lipinski definition) is 0. The first kappa shape index (κ1) is 18.9. The summed E-state index contributed by atoms with van der Waals surface area (Å²) in [6, 6.07) is 15.6. The summed E-state index contributed by atoms with van der Waals surface area (Å²) in [6.45, 7) is 2.04. The second-order valence-electron chi connectivity index (χ2n) is 7.20. The molecule has 0 aliphatic heterocycles. The average Bonchev–Trinajstić information content (AvgIpc) is 3.55. The largest absolute Gasteiger partial charge is 0.204 e. The maximum Gasteiger partial charge on any atom is 0.194 e. The molecule has 0 aromatic heterocycles. The van der Waals surface area contributed by atoms with Gasteiger partial charge in [-0.15, -0.1) is 0 Å². The molecule has 1 fully saturated rings. The van der Waals surface area contributed by atoms with Crippen molar-refractivity contribution in [2.24, 2.45) is 0 Å². The molecule has 0 N–H and O–H groups in total. The van der Waals surface area contributed by atoms with Gasteiger partial charge in [-0.1, -0.05) is 41.4 Å². The Hall–Kier alpha value is -3.43. The molecule has 0 heterocycles. The minimum atomic E-state index is -1.48. The number of rotatable bonds is 1. The number of halogens is 3. The average molecular weight is 386 g/mol. The van der Waals surface area contributed by atoms with Gasteiger partial charge in [0.2, 0.25) is 0 Å². The standard InChI is InChI=1S/C26H17F3/c1-17-2-4-18(5-3-17)8-10-21-11-9-19(14-23(21)22-12-13-22)6-7-20-15-24(27)26(29)25(28)16-20/h2-5,9,11,14-16,22H,12-13H2,1H3. The van der Waals surface area contributed by atoms with Crippen LogP contribution in [0.15, 0.2) is 54.6 Å². The van der Waals surface area contributed by atoms with E-state index >= 15 is 0 Å². The summed E-state index contributed by atoms with van der Waals surface area (Å²) < 4.78 is 39.8. The molecular formula is C26H17F3. The normalized spacial score (nSPS) is 12.6. The molecule has 3 aromatic rings. The van der Waals surface area contributed by atoms with Crippen LogP contribution in [0.5, 0.6) is 0 Å². The van der Waals surface area contributed by atoms with Gasteiger partial charge in [0.05, 0.1) is 0 Å². The van der Waals surface area contributed by atoms with E-state index in [1.165, 1.54) is 5.56 Å². The van der Waals surface area contributed by atoms with Gasteiger partial charge < -0.3 is 0 Å². The molecule has 1 aliphatic carbocycles. The predicted molar refractivity (Wildman–Crippen MR) is 108 cm³/mol. The second kappa shape index (κ2) is 7.90. The summed E-state index contributed by atoms with van der Waals surface area (Å²) >= 11 is 0. The van der Waals surface area contributed by atoms with Crippen LogP contribution in [0.1, 0.15) is 52.1 Å². The number of hydrogen-bond acceptors (Lipinski definition) is 0. The van der Waals surface area contributed by atoms with Gasteiger partial charge >= 0.3 is 0 Å². The molecule has 0 spiro atoms. The van der Waals surface area contributed by atoms with Crippen molar-refractivity contribution in [1.29, 1.82) is 0 Å². The maximum atomic E-state index is 13.3. The number of benzene rings is 3. The zero-order valence-electron chi connectivity index (χ0n) is 15.8. The second-order valence-corrected chi connectivity index (χ2v) is 7.20. The highest BCUT2D eigenvalue weighted by atomic mass is 19.2. The first-order valence-electron chi connectivity index (χ1n) is 9.39. The smallest absolute Gasteiger partial charge is 0.194 e. The van der Waals surface area contributed by atoms with Crippen LogP contribution in [-0.2, 0) is 0 Å². The van der Waals surface area contributed by atoms with E-state index in [1.54, 1.807) is 0 Å². The monoisotopic (exact) mass is 386 g/mol. The van der Waals surface area contributed by atoms with Crippen LogP contribution in [0.25, 0.3) is 0 Å². The first-order valence-corrected chi connectivity index (χ1v) is 9.39. The lowest BCUT2D eigenvalue weighted by Crippen LogP contribution is -1.92. The minimum absolute atomic E-state index is 0.0950. The third kappa shape index (κ3) is 4.53. The zero-order chi connectivity index (χ0) is 20.4. The Balaban J connectivity index is 1.63. The molecule has 142 valence electrons. The topological polar surface area (TPSA) is 0 Å². The van der Waals surface area contributed by atoms with E-state index < -0.39 is 17.5 Å². The van der Waals surface area contributed by atoms with Gasteiger partial charge in [0.25, 0.3) is 0 Å². The van der Waals surface area contributed by atoms with E-state index in [4.69, 9.17) is 0 Å². The summed E-state index contributed by atoms with van der Waals surface area (Å²) in [5.41, 5.74) is 5.10. The first-order chi connectivity index (χ1) is 14.0. The molecule has 0 radical (unpaired) electrons. The highest BCUT2D eigenvalue weighted by molar-refractivity contribution is 5.53. The molecule has 1 saturated carbocycles. The molecule has 0 amide bonds. The van der Waals surface area contributed by atoms with E-state index in [-0.39, 0.29) is 5.56 Å². The third-order valence-electron chi connectivity index (χ3n) is 4.80. The lowest BCUT2D eigenvalue weighted by atomic mass is 10.00. The molecule has 0 nitrogen and oxygen atoms in total. The van der Waals surface area contributed by atoms with Gasteiger partial charge in [-0.05, 0) is 73.7 Å². The summed E-state index contributed by atoms with van der Waals surface area (Å²) in [5, 5.41) is 0. The quantitative estimate of drug-likeness (QED) is 0.351. The minimum Gasteiger partial charge on any atom is -0.204 e. The summed E-state index contributed by atoms with van der Waals surface area (Å²) in [4.78, 5) is 0. The fourth-order valence-electron chi connectivity index (χ4n) is 3.03. The van der Waals surface area contributed by atoms with Crippen molar-refractivity contribution in [3.63, 3.8) is 0 Å². The lowest BCUT2D eigenvalue weighted by Gasteiger charge is -2.04. The molecule has 0 unspecified atom stereocenters. The van der Waals surface area contributed by atoms with E-state index in [2.05, 4.69) is 23.7 Å². The highest BCUT2D eigenvalue weighted by Gasteiger charge is 2.25. The molecule has 0 saturated heterocycles. The summed E-state index contributed by atoms with van der Waals surface area (Å²) in [6.07, 6.45) is 2.23. The van der Waals surface area contributed by atoms with Gasteiger partial charge in [0.1, 0.15) is 0 Å². The predicted octanol–water partition coefficient (Wildman–Crippen LogP) is 6.09. The van der Waals surface area contributed by atoms with E-state index in [0.29, 0.717) is 5.92 Å². The summed E-state index contributed by atoms with van der Waals surface area (Å²) in [5.74, 6) is 8.58. The van der Waals surface area contributed by atoms with Crippen LogP contribution >= 0.6 is 0 Å². The van der Waals surface area contributed by atoms with Crippen molar-refractivity contribution in [3.8, 4) is 23.7 Å². The number of aryl methyl sites for hydroxylation is 1. The Morgan fingerprint density at radius 3 is 1.93 bits per heavy atom. The maximum absolute atomic E-state index is 13.3. The van der Waals surface area contributed by atoms with Gasteiger partial charge in [0, 0.05) is 22.3 Å². The molecule has 4 rings (SSSR count). The molecule has 3 heteroatoms. The molecule has 0 atom stereocenters. The Bertz CT molecular complexity index is 1170. The fourth-order valence-corrected chi connectivity index (χ4v) is 3.03. The Labute approximate surface area is 168 Å². The molecule has 0 bridgehead atoms. The van der Waals surface area contributed by atoms with E-state index in [0.717, 1.165) is 47.2 Å². The van der Waals surface area contributed by atoms with Crippen LogP contribution in [0.2, 0.25) is 0 Å². The van der Waals surface area contributed by atoms with E-state index in [9.17, 15) is 13.2 Å². The van der Waals surface area contributed by atoms with Crippen molar-refractivity contribution >= 4 is 0 Å². The third-order valence-corrected chi connectivity index (χ3v) is 4.80. The van der Waals surface area contributed by atoms with Crippen LogP contribution in [0.3, 0.4) is 0 Å². The molecule has 3 aromatic carbocycles.